The highest BCUT2D eigenvalue weighted by molar-refractivity contribution is 5.71. The summed E-state index contributed by atoms with van der Waals surface area (Å²) in [6.45, 7) is 4.30. The molecule has 0 radical (unpaired) electrons. The maximum absolute atomic E-state index is 14.0. The van der Waals surface area contributed by atoms with E-state index in [-0.39, 0.29) is 12.1 Å². The van der Waals surface area contributed by atoms with Gasteiger partial charge in [0.1, 0.15) is 23.2 Å². The van der Waals surface area contributed by atoms with Gasteiger partial charge >= 0.3 is 6.09 Å². The first-order valence-corrected chi connectivity index (χ1v) is 12.5. The van der Waals surface area contributed by atoms with Gasteiger partial charge in [-0.25, -0.2) is 18.6 Å². The Morgan fingerprint density at radius 1 is 0.947 bits per heavy atom. The van der Waals surface area contributed by atoms with Crippen molar-refractivity contribution >= 4 is 6.09 Å². The molecule has 1 aromatic heterocycles. The summed E-state index contributed by atoms with van der Waals surface area (Å²) in [6, 6.07) is 18.4. The molecule has 0 saturated carbocycles. The summed E-state index contributed by atoms with van der Waals surface area (Å²) in [5, 5.41) is 0. The lowest BCUT2D eigenvalue weighted by Gasteiger charge is -2.30. The Morgan fingerprint density at radius 2 is 1.53 bits per heavy atom. The van der Waals surface area contributed by atoms with Crippen molar-refractivity contribution in [1.82, 2.24) is 14.5 Å². The number of ether oxygens (including phenoxy) is 1. The maximum Gasteiger partial charge on any atom is 0.415 e. The zero-order valence-electron chi connectivity index (χ0n) is 21.2. The van der Waals surface area contributed by atoms with Crippen LogP contribution >= 0.6 is 0 Å². The van der Waals surface area contributed by atoms with Gasteiger partial charge in [-0.05, 0) is 60.9 Å². The number of rotatable bonds is 5. The van der Waals surface area contributed by atoms with Gasteiger partial charge in [-0.3, -0.25) is 9.36 Å². The van der Waals surface area contributed by atoms with Gasteiger partial charge in [-0.1, -0.05) is 48.9 Å². The van der Waals surface area contributed by atoms with Crippen molar-refractivity contribution in [3.63, 3.8) is 0 Å². The molecule has 0 fully saturated rings. The van der Waals surface area contributed by atoms with Gasteiger partial charge < -0.3 is 9.64 Å². The van der Waals surface area contributed by atoms with Gasteiger partial charge in [0.15, 0.2) is 0 Å². The molecular weight excluding hydrogens is 488 g/mol. The summed E-state index contributed by atoms with van der Waals surface area (Å²) >= 11 is 0. The number of hydrogen-bond acceptors (Lipinski definition) is 4. The summed E-state index contributed by atoms with van der Waals surface area (Å²) in [6.07, 6.45) is 0.252. The van der Waals surface area contributed by atoms with Crippen molar-refractivity contribution in [2.75, 3.05) is 6.54 Å². The molecule has 0 unspecified atom stereocenters. The van der Waals surface area contributed by atoms with Crippen molar-refractivity contribution in [3.8, 4) is 5.75 Å². The van der Waals surface area contributed by atoms with Crippen LogP contribution in [0.25, 0.3) is 0 Å². The van der Waals surface area contributed by atoms with Gasteiger partial charge in [0.2, 0.25) is 0 Å². The van der Waals surface area contributed by atoms with Crippen LogP contribution in [0.3, 0.4) is 0 Å². The van der Waals surface area contributed by atoms with E-state index in [4.69, 9.17) is 9.72 Å². The molecule has 0 saturated heterocycles. The van der Waals surface area contributed by atoms with E-state index in [9.17, 15) is 18.4 Å². The van der Waals surface area contributed by atoms with Gasteiger partial charge in [0.05, 0.1) is 18.3 Å². The summed E-state index contributed by atoms with van der Waals surface area (Å²) < 4.78 is 34.6. The fourth-order valence-electron chi connectivity index (χ4n) is 4.78. The quantitative estimate of drug-likeness (QED) is 0.348. The Kier molecular flexibility index (Phi) is 7.05. The Morgan fingerprint density at radius 3 is 2.08 bits per heavy atom. The van der Waals surface area contributed by atoms with E-state index in [1.54, 1.807) is 41.0 Å². The van der Waals surface area contributed by atoms with E-state index in [2.05, 4.69) is 0 Å². The molecule has 0 aliphatic carbocycles. The van der Waals surface area contributed by atoms with Crippen LogP contribution in [0.2, 0.25) is 0 Å². The number of hydrogen-bond donors (Lipinski definition) is 0. The normalized spacial score (nSPS) is 12.9. The molecule has 6 nitrogen and oxygen atoms in total. The Labute approximate surface area is 219 Å². The molecule has 5 rings (SSSR count). The number of aromatic nitrogens is 2. The van der Waals surface area contributed by atoms with Crippen LogP contribution in [0.15, 0.2) is 77.6 Å². The number of fused-ring (bicyclic) bond motifs is 1. The minimum absolute atomic E-state index is 0.154. The number of nitrogens with zero attached hydrogens (tertiary/aromatic N) is 3. The number of aryl methyl sites for hydroxylation is 2. The smallest absolute Gasteiger partial charge is 0.410 e. The van der Waals surface area contributed by atoms with E-state index in [1.165, 1.54) is 29.2 Å². The zero-order chi connectivity index (χ0) is 26.8. The number of halogens is 2. The largest absolute Gasteiger partial charge is 0.415 e. The molecule has 0 spiro atoms. The third kappa shape index (κ3) is 5.07. The topological polar surface area (TPSA) is 64.4 Å². The maximum atomic E-state index is 14.0. The first-order chi connectivity index (χ1) is 18.3. The van der Waals surface area contributed by atoms with E-state index >= 15 is 0 Å². The second-order valence-electron chi connectivity index (χ2n) is 9.34. The van der Waals surface area contributed by atoms with Crippen molar-refractivity contribution < 1.29 is 18.3 Å². The second-order valence-corrected chi connectivity index (χ2v) is 9.34. The van der Waals surface area contributed by atoms with Gasteiger partial charge in [-0.2, -0.15) is 0 Å². The first-order valence-electron chi connectivity index (χ1n) is 12.5. The Hall–Kier alpha value is -4.33. The Balaban J connectivity index is 1.52. The molecule has 1 aliphatic heterocycles. The lowest BCUT2D eigenvalue weighted by molar-refractivity contribution is 0.145. The summed E-state index contributed by atoms with van der Waals surface area (Å²) in [7, 11) is 0. The number of benzene rings is 3. The summed E-state index contributed by atoms with van der Waals surface area (Å²) in [4.78, 5) is 33.1. The van der Waals surface area contributed by atoms with Crippen molar-refractivity contribution in [1.29, 1.82) is 0 Å². The van der Waals surface area contributed by atoms with Crippen LogP contribution in [-0.2, 0) is 19.4 Å². The van der Waals surface area contributed by atoms with Crippen LogP contribution < -0.4 is 10.3 Å². The van der Waals surface area contributed by atoms with E-state index < -0.39 is 23.8 Å². The molecule has 1 aliphatic rings. The predicted octanol–water partition coefficient (Wildman–Crippen LogP) is 5.59. The van der Waals surface area contributed by atoms with Crippen molar-refractivity contribution in [2.45, 2.75) is 39.3 Å². The average molecular weight is 516 g/mol. The van der Waals surface area contributed by atoms with Crippen molar-refractivity contribution in [3.05, 3.63) is 129 Å². The van der Waals surface area contributed by atoms with E-state index in [1.807, 2.05) is 26.0 Å². The van der Waals surface area contributed by atoms with Crippen LogP contribution in [0.4, 0.5) is 13.6 Å². The third-order valence-corrected chi connectivity index (χ3v) is 6.77. The molecule has 0 atom stereocenters. The minimum atomic E-state index is -0.624. The number of carbonyl (C=O) groups is 1. The van der Waals surface area contributed by atoms with Crippen LogP contribution in [-0.4, -0.2) is 27.1 Å². The first kappa shape index (κ1) is 25.3. The van der Waals surface area contributed by atoms with Gasteiger partial charge in [0.25, 0.3) is 5.56 Å². The molecule has 194 valence electrons. The highest BCUT2D eigenvalue weighted by Gasteiger charge is 2.30. The summed E-state index contributed by atoms with van der Waals surface area (Å²) in [5.74, 6) is 0.179. The van der Waals surface area contributed by atoms with Crippen LogP contribution in [0.1, 0.15) is 46.7 Å². The molecular formula is C30H27F2N3O3. The lowest BCUT2D eigenvalue weighted by Crippen LogP contribution is -2.43. The third-order valence-electron chi connectivity index (χ3n) is 6.77. The van der Waals surface area contributed by atoms with E-state index in [0.717, 1.165) is 5.56 Å². The van der Waals surface area contributed by atoms with Crippen molar-refractivity contribution in [2.24, 2.45) is 0 Å². The molecule has 3 aromatic carbocycles. The minimum Gasteiger partial charge on any atom is -0.410 e. The fourth-order valence-corrected chi connectivity index (χ4v) is 4.78. The molecule has 1 amide bonds. The molecule has 2 heterocycles. The standard InChI is InChI=1S/C30H27F2N3O3/c1-3-27-33-26-18-34(30(37)38-24-14-4-19(2)5-15-24)17-16-25(26)29(36)35(27)28(20-6-10-22(31)11-7-20)21-8-12-23(32)13-9-21/h4-15,28H,3,16-18H2,1-2H3. The SMILES string of the molecule is CCc1nc2c(c(=O)n1C(c1ccc(F)cc1)c1ccc(F)cc1)CCN(C(=O)Oc1ccc(C)cc1)C2. The molecule has 8 heteroatoms. The van der Waals surface area contributed by atoms with Crippen LogP contribution in [0, 0.1) is 18.6 Å². The number of carbonyl (C=O) groups excluding carboxylic acids is 1. The Bertz CT molecular complexity index is 1470. The zero-order valence-corrected chi connectivity index (χ0v) is 21.2. The fraction of sp³-hybridized carbons (Fsp3) is 0.233. The highest BCUT2D eigenvalue weighted by Crippen LogP contribution is 2.29. The average Bonchev–Trinajstić information content (AvgIpc) is 2.92. The molecule has 4 aromatic rings. The van der Waals surface area contributed by atoms with Gasteiger partial charge in [0, 0.05) is 18.5 Å². The molecule has 38 heavy (non-hydrogen) atoms. The van der Waals surface area contributed by atoms with Gasteiger partial charge in [-0.15, -0.1) is 0 Å². The number of amides is 1. The van der Waals surface area contributed by atoms with Crippen LogP contribution in [0.5, 0.6) is 5.75 Å². The summed E-state index contributed by atoms with van der Waals surface area (Å²) in [5.41, 5.74) is 3.25. The predicted molar refractivity (Wildman–Crippen MR) is 139 cm³/mol. The lowest BCUT2D eigenvalue weighted by atomic mass is 9.97. The van der Waals surface area contributed by atoms with E-state index in [0.29, 0.717) is 53.3 Å². The monoisotopic (exact) mass is 515 g/mol. The molecule has 0 N–H and O–H groups in total. The highest BCUT2D eigenvalue weighted by atomic mass is 19.1. The molecule has 0 bridgehead atoms. The second kappa shape index (κ2) is 10.6.